The van der Waals surface area contributed by atoms with Gasteiger partial charge in [-0.05, 0) is 37.8 Å². The van der Waals surface area contributed by atoms with E-state index in [0.717, 1.165) is 25.0 Å². The maximum atomic E-state index is 6.09. The van der Waals surface area contributed by atoms with Crippen molar-refractivity contribution in [3.05, 3.63) is 29.8 Å². The second-order valence-corrected chi connectivity index (χ2v) is 4.08. The smallest absolute Gasteiger partial charge is 0.122 e. The second-order valence-electron chi connectivity index (χ2n) is 4.08. The first-order valence-electron chi connectivity index (χ1n) is 5.23. The van der Waals surface area contributed by atoms with E-state index in [9.17, 15) is 0 Å². The summed E-state index contributed by atoms with van der Waals surface area (Å²) in [6.45, 7) is 2.72. The van der Waals surface area contributed by atoms with Crippen molar-refractivity contribution in [3.8, 4) is 5.75 Å². The van der Waals surface area contributed by atoms with Crippen LogP contribution in [0.4, 0.5) is 0 Å². The fraction of sp³-hybridized carbons (Fsp3) is 0.500. The van der Waals surface area contributed by atoms with E-state index in [-0.39, 0.29) is 5.54 Å². The fourth-order valence-corrected chi connectivity index (χ4v) is 1.66. The van der Waals surface area contributed by atoms with E-state index >= 15 is 0 Å². The minimum Gasteiger partial charge on any atom is -0.494 e. The van der Waals surface area contributed by atoms with Gasteiger partial charge >= 0.3 is 0 Å². The number of nitrogens with two attached hydrogens (primary N) is 1. The molecule has 0 spiro atoms. The first kappa shape index (κ1) is 9.53. The molecule has 1 aromatic rings. The minimum atomic E-state index is 0.0627. The maximum Gasteiger partial charge on any atom is 0.122 e. The van der Waals surface area contributed by atoms with Crippen molar-refractivity contribution in [2.45, 2.75) is 31.7 Å². The van der Waals surface area contributed by atoms with E-state index in [1.165, 1.54) is 5.56 Å². The van der Waals surface area contributed by atoms with Crippen LogP contribution in [0.1, 0.15) is 25.3 Å². The summed E-state index contributed by atoms with van der Waals surface area (Å²) in [6.07, 6.45) is 3.24. The molecule has 0 atom stereocenters. The molecule has 0 unspecified atom stereocenters. The summed E-state index contributed by atoms with van der Waals surface area (Å²) in [5, 5.41) is 0. The molecule has 2 N–H and O–H groups in total. The van der Waals surface area contributed by atoms with Crippen molar-refractivity contribution in [3.63, 3.8) is 0 Å². The number of rotatable bonds is 4. The van der Waals surface area contributed by atoms with E-state index in [1.54, 1.807) is 0 Å². The van der Waals surface area contributed by atoms with Gasteiger partial charge < -0.3 is 10.5 Å². The third-order valence-corrected chi connectivity index (χ3v) is 2.71. The highest BCUT2D eigenvalue weighted by Gasteiger charge is 2.38. The zero-order valence-corrected chi connectivity index (χ0v) is 8.62. The molecule has 1 aliphatic carbocycles. The van der Waals surface area contributed by atoms with E-state index < -0.39 is 0 Å². The first-order chi connectivity index (χ1) is 6.73. The molecule has 1 aliphatic rings. The lowest BCUT2D eigenvalue weighted by atomic mass is 10.0. The molecule has 0 radical (unpaired) electrons. The Hall–Kier alpha value is -1.02. The largest absolute Gasteiger partial charge is 0.494 e. The van der Waals surface area contributed by atoms with Gasteiger partial charge in [0, 0.05) is 5.54 Å². The molecular weight excluding hydrogens is 174 g/mol. The van der Waals surface area contributed by atoms with Crippen LogP contribution in [0.2, 0.25) is 0 Å². The highest BCUT2D eigenvalue weighted by atomic mass is 16.5. The Morgan fingerprint density at radius 2 is 2.07 bits per heavy atom. The predicted octanol–water partition coefficient (Wildman–Crippen LogP) is 2.12. The number of benzene rings is 1. The molecule has 0 heterocycles. The normalized spacial score (nSPS) is 17.9. The van der Waals surface area contributed by atoms with E-state index in [2.05, 4.69) is 6.07 Å². The molecular formula is C12H17NO. The summed E-state index contributed by atoms with van der Waals surface area (Å²) >= 11 is 0. The number of hydrogen-bond acceptors (Lipinski definition) is 2. The van der Waals surface area contributed by atoms with Crippen LogP contribution >= 0.6 is 0 Å². The third-order valence-electron chi connectivity index (χ3n) is 2.71. The Labute approximate surface area is 85.1 Å². The van der Waals surface area contributed by atoms with Gasteiger partial charge in [-0.25, -0.2) is 0 Å². The van der Waals surface area contributed by atoms with Crippen molar-refractivity contribution < 1.29 is 4.74 Å². The Kier molecular flexibility index (Phi) is 2.46. The van der Waals surface area contributed by atoms with Gasteiger partial charge in [0.1, 0.15) is 5.75 Å². The zero-order valence-electron chi connectivity index (χ0n) is 8.62. The van der Waals surface area contributed by atoms with E-state index in [4.69, 9.17) is 10.5 Å². The van der Waals surface area contributed by atoms with Crippen molar-refractivity contribution in [2.75, 3.05) is 6.61 Å². The molecule has 0 bridgehead atoms. The standard InChI is InChI=1S/C12H17NO/c1-2-14-11-6-4-3-5-10(11)9-12(13)7-8-12/h3-6H,2,7-9,13H2,1H3. The minimum absolute atomic E-state index is 0.0627. The van der Waals surface area contributed by atoms with E-state index in [1.807, 2.05) is 25.1 Å². The zero-order chi connectivity index (χ0) is 10.0. The van der Waals surface area contributed by atoms with E-state index in [0.29, 0.717) is 6.61 Å². The van der Waals surface area contributed by atoms with Gasteiger partial charge in [-0.3, -0.25) is 0 Å². The van der Waals surface area contributed by atoms with Crippen LogP contribution in [0.15, 0.2) is 24.3 Å². The second kappa shape index (κ2) is 3.62. The van der Waals surface area contributed by atoms with Crippen LogP contribution in [0.3, 0.4) is 0 Å². The number of hydrogen-bond donors (Lipinski definition) is 1. The molecule has 1 fully saturated rings. The van der Waals surface area contributed by atoms with Gasteiger partial charge in [0.25, 0.3) is 0 Å². The topological polar surface area (TPSA) is 35.2 Å². The van der Waals surface area contributed by atoms with Crippen LogP contribution in [0.5, 0.6) is 5.75 Å². The lowest BCUT2D eigenvalue weighted by Crippen LogP contribution is -2.24. The summed E-state index contributed by atoms with van der Waals surface area (Å²) in [5.74, 6) is 0.992. The SMILES string of the molecule is CCOc1ccccc1CC1(N)CC1. The van der Waals surface area contributed by atoms with Gasteiger partial charge in [0.05, 0.1) is 6.61 Å². The molecule has 0 saturated heterocycles. The Morgan fingerprint density at radius 3 is 2.71 bits per heavy atom. The molecule has 0 amide bonds. The van der Waals surface area contributed by atoms with Gasteiger partial charge in [-0.1, -0.05) is 18.2 Å². The molecule has 1 aromatic carbocycles. The summed E-state index contributed by atoms with van der Waals surface area (Å²) in [6, 6.07) is 8.18. The summed E-state index contributed by atoms with van der Waals surface area (Å²) in [4.78, 5) is 0. The Morgan fingerprint density at radius 1 is 1.36 bits per heavy atom. The molecule has 1 saturated carbocycles. The van der Waals surface area contributed by atoms with Crippen LogP contribution in [-0.4, -0.2) is 12.1 Å². The number of ether oxygens (including phenoxy) is 1. The monoisotopic (exact) mass is 191 g/mol. The number of para-hydroxylation sites is 1. The molecule has 2 nitrogen and oxygen atoms in total. The van der Waals surface area contributed by atoms with Crippen LogP contribution in [0.25, 0.3) is 0 Å². The average Bonchev–Trinajstić information content (AvgIpc) is 2.88. The first-order valence-corrected chi connectivity index (χ1v) is 5.23. The van der Waals surface area contributed by atoms with Crippen molar-refractivity contribution >= 4 is 0 Å². The maximum absolute atomic E-state index is 6.09. The molecule has 76 valence electrons. The Balaban J connectivity index is 2.14. The van der Waals surface area contributed by atoms with Crippen molar-refractivity contribution in [1.29, 1.82) is 0 Å². The lowest BCUT2D eigenvalue weighted by molar-refractivity contribution is 0.335. The van der Waals surface area contributed by atoms with Crippen LogP contribution in [0, 0.1) is 0 Å². The summed E-state index contributed by atoms with van der Waals surface area (Å²) in [7, 11) is 0. The van der Waals surface area contributed by atoms with Gasteiger partial charge in [0.2, 0.25) is 0 Å². The molecule has 0 aliphatic heterocycles. The summed E-state index contributed by atoms with van der Waals surface area (Å²) in [5.41, 5.74) is 7.40. The highest BCUT2D eigenvalue weighted by molar-refractivity contribution is 5.35. The lowest BCUT2D eigenvalue weighted by Gasteiger charge is -2.13. The van der Waals surface area contributed by atoms with Gasteiger partial charge in [0.15, 0.2) is 0 Å². The molecule has 2 rings (SSSR count). The molecule has 14 heavy (non-hydrogen) atoms. The van der Waals surface area contributed by atoms with Crippen molar-refractivity contribution in [2.24, 2.45) is 5.73 Å². The van der Waals surface area contributed by atoms with Crippen molar-refractivity contribution in [1.82, 2.24) is 0 Å². The quantitative estimate of drug-likeness (QED) is 0.791. The fourth-order valence-electron chi connectivity index (χ4n) is 1.66. The van der Waals surface area contributed by atoms with Gasteiger partial charge in [-0.15, -0.1) is 0 Å². The highest BCUT2D eigenvalue weighted by Crippen LogP contribution is 2.37. The third kappa shape index (κ3) is 2.07. The van der Waals surface area contributed by atoms with Gasteiger partial charge in [-0.2, -0.15) is 0 Å². The Bertz CT molecular complexity index is 318. The van der Waals surface area contributed by atoms with Crippen LogP contribution in [-0.2, 0) is 6.42 Å². The van der Waals surface area contributed by atoms with Crippen LogP contribution < -0.4 is 10.5 Å². The summed E-state index contributed by atoms with van der Waals surface area (Å²) < 4.78 is 5.56. The molecule has 0 aromatic heterocycles. The predicted molar refractivity (Wildman–Crippen MR) is 57.5 cm³/mol. The average molecular weight is 191 g/mol. The molecule has 2 heteroatoms.